The second-order valence-electron chi connectivity index (χ2n) is 4.17. The summed E-state index contributed by atoms with van der Waals surface area (Å²) in [6.45, 7) is 5.00. The van der Waals surface area contributed by atoms with Crippen LogP contribution in [0.3, 0.4) is 0 Å². The minimum atomic E-state index is -1.14. The number of likely N-dealkylation sites (N-methyl/N-ethyl adjacent to an activating group) is 1. The standard InChI is InChI=1S/C10H22N2O2/c1-4-5-6-7-12(3)8-10(2,11)9(13)14/h4-8,11H2,1-3H3,(H,13,14). The minimum absolute atomic E-state index is 0.395. The van der Waals surface area contributed by atoms with E-state index in [1.165, 1.54) is 12.8 Å². The van der Waals surface area contributed by atoms with E-state index >= 15 is 0 Å². The summed E-state index contributed by atoms with van der Waals surface area (Å²) in [5, 5.41) is 8.81. The van der Waals surface area contributed by atoms with Crippen molar-refractivity contribution < 1.29 is 9.90 Å². The largest absolute Gasteiger partial charge is 0.480 e. The molecule has 0 amide bonds. The molecule has 0 radical (unpaired) electrons. The predicted molar refractivity (Wildman–Crippen MR) is 57.3 cm³/mol. The second kappa shape index (κ2) is 5.98. The number of unbranched alkanes of at least 4 members (excludes halogenated alkanes) is 2. The Hall–Kier alpha value is -0.610. The van der Waals surface area contributed by atoms with Crippen molar-refractivity contribution in [2.24, 2.45) is 5.73 Å². The highest BCUT2D eigenvalue weighted by molar-refractivity contribution is 5.78. The van der Waals surface area contributed by atoms with Gasteiger partial charge >= 0.3 is 5.97 Å². The van der Waals surface area contributed by atoms with Crippen molar-refractivity contribution >= 4 is 5.97 Å². The van der Waals surface area contributed by atoms with E-state index in [1.807, 2.05) is 11.9 Å². The molecule has 4 nitrogen and oxygen atoms in total. The summed E-state index contributed by atoms with van der Waals surface area (Å²) in [6, 6.07) is 0. The first-order chi connectivity index (χ1) is 6.40. The van der Waals surface area contributed by atoms with Gasteiger partial charge in [-0.15, -0.1) is 0 Å². The summed E-state index contributed by atoms with van der Waals surface area (Å²) in [5.41, 5.74) is 4.49. The van der Waals surface area contributed by atoms with E-state index in [0.717, 1.165) is 13.0 Å². The highest BCUT2D eigenvalue weighted by Gasteiger charge is 2.28. The number of carboxylic acids is 1. The quantitative estimate of drug-likeness (QED) is 0.602. The normalized spacial score (nSPS) is 15.5. The number of hydrogen-bond acceptors (Lipinski definition) is 3. The smallest absolute Gasteiger partial charge is 0.324 e. The lowest BCUT2D eigenvalue weighted by Gasteiger charge is -2.26. The number of carboxylic acid groups (broad SMARTS) is 1. The molecule has 0 rings (SSSR count). The van der Waals surface area contributed by atoms with Gasteiger partial charge in [0.2, 0.25) is 0 Å². The molecule has 0 aliphatic heterocycles. The van der Waals surface area contributed by atoms with Gasteiger partial charge in [-0.2, -0.15) is 0 Å². The second-order valence-corrected chi connectivity index (χ2v) is 4.17. The van der Waals surface area contributed by atoms with Crippen LogP contribution in [0.2, 0.25) is 0 Å². The first kappa shape index (κ1) is 13.4. The molecule has 0 heterocycles. The van der Waals surface area contributed by atoms with E-state index in [0.29, 0.717) is 6.54 Å². The summed E-state index contributed by atoms with van der Waals surface area (Å²) in [4.78, 5) is 12.7. The van der Waals surface area contributed by atoms with E-state index < -0.39 is 11.5 Å². The van der Waals surface area contributed by atoms with Crippen molar-refractivity contribution in [3.63, 3.8) is 0 Å². The Kier molecular flexibility index (Phi) is 5.72. The third-order valence-electron chi connectivity index (χ3n) is 2.23. The van der Waals surface area contributed by atoms with E-state index in [4.69, 9.17) is 10.8 Å². The van der Waals surface area contributed by atoms with Gasteiger partial charge in [-0.25, -0.2) is 0 Å². The first-order valence-corrected chi connectivity index (χ1v) is 5.11. The fraction of sp³-hybridized carbons (Fsp3) is 0.900. The fourth-order valence-corrected chi connectivity index (χ4v) is 1.34. The minimum Gasteiger partial charge on any atom is -0.480 e. The Balaban J connectivity index is 3.81. The zero-order valence-electron chi connectivity index (χ0n) is 9.42. The third-order valence-corrected chi connectivity index (χ3v) is 2.23. The highest BCUT2D eigenvalue weighted by Crippen LogP contribution is 2.03. The highest BCUT2D eigenvalue weighted by atomic mass is 16.4. The van der Waals surface area contributed by atoms with Crippen LogP contribution in [0.25, 0.3) is 0 Å². The molecule has 0 fully saturated rings. The van der Waals surface area contributed by atoms with Crippen LogP contribution in [0, 0.1) is 0 Å². The van der Waals surface area contributed by atoms with Gasteiger partial charge in [0.1, 0.15) is 5.54 Å². The Bertz CT molecular complexity index is 181. The van der Waals surface area contributed by atoms with E-state index in [1.54, 1.807) is 6.92 Å². The van der Waals surface area contributed by atoms with Crippen LogP contribution in [0.4, 0.5) is 0 Å². The van der Waals surface area contributed by atoms with Crippen LogP contribution in [0.1, 0.15) is 33.1 Å². The summed E-state index contributed by atoms with van der Waals surface area (Å²) >= 11 is 0. The predicted octanol–water partition coefficient (Wildman–Crippen LogP) is 0.910. The maximum Gasteiger partial charge on any atom is 0.324 e. The van der Waals surface area contributed by atoms with E-state index in [9.17, 15) is 4.79 Å². The summed E-state index contributed by atoms with van der Waals surface area (Å²) in [7, 11) is 1.91. The van der Waals surface area contributed by atoms with Crippen molar-refractivity contribution in [2.75, 3.05) is 20.1 Å². The zero-order valence-corrected chi connectivity index (χ0v) is 9.42. The fourth-order valence-electron chi connectivity index (χ4n) is 1.34. The summed E-state index contributed by atoms with van der Waals surface area (Å²) < 4.78 is 0. The number of hydrogen-bond donors (Lipinski definition) is 2. The zero-order chi connectivity index (χ0) is 11.2. The maximum atomic E-state index is 10.7. The van der Waals surface area contributed by atoms with Crippen molar-refractivity contribution in [3.05, 3.63) is 0 Å². The molecule has 0 aliphatic carbocycles. The number of carbonyl (C=O) groups is 1. The average molecular weight is 202 g/mol. The number of rotatable bonds is 7. The molecular weight excluding hydrogens is 180 g/mol. The lowest BCUT2D eigenvalue weighted by molar-refractivity contribution is -0.143. The Labute approximate surface area is 86.1 Å². The number of nitrogens with two attached hydrogens (primary N) is 1. The molecule has 0 aliphatic rings. The average Bonchev–Trinajstić information content (AvgIpc) is 2.03. The Morgan fingerprint density at radius 1 is 1.50 bits per heavy atom. The topological polar surface area (TPSA) is 66.6 Å². The molecule has 3 N–H and O–H groups in total. The van der Waals surface area contributed by atoms with Gasteiger partial charge < -0.3 is 15.7 Å². The van der Waals surface area contributed by atoms with Gasteiger partial charge in [0, 0.05) is 6.54 Å². The molecular formula is C10H22N2O2. The molecule has 0 spiro atoms. The van der Waals surface area contributed by atoms with Crippen LogP contribution >= 0.6 is 0 Å². The lowest BCUT2D eigenvalue weighted by atomic mass is 10.0. The molecule has 0 aromatic heterocycles. The van der Waals surface area contributed by atoms with Gasteiger partial charge in [0.15, 0.2) is 0 Å². The van der Waals surface area contributed by atoms with Gasteiger partial charge in [-0.05, 0) is 26.9 Å². The van der Waals surface area contributed by atoms with Crippen LogP contribution in [0.5, 0.6) is 0 Å². The molecule has 4 heteroatoms. The van der Waals surface area contributed by atoms with Gasteiger partial charge in [-0.3, -0.25) is 4.79 Å². The molecule has 0 saturated heterocycles. The molecule has 0 aromatic rings. The van der Waals surface area contributed by atoms with Crippen LogP contribution in [-0.2, 0) is 4.79 Å². The summed E-state index contributed by atoms with van der Waals surface area (Å²) in [5.74, 6) is -0.945. The van der Waals surface area contributed by atoms with Crippen molar-refractivity contribution in [2.45, 2.75) is 38.6 Å². The van der Waals surface area contributed by atoms with Gasteiger partial charge in [0.25, 0.3) is 0 Å². The molecule has 84 valence electrons. The van der Waals surface area contributed by atoms with Gasteiger partial charge in [0.05, 0.1) is 0 Å². The Morgan fingerprint density at radius 3 is 2.50 bits per heavy atom. The van der Waals surface area contributed by atoms with Crippen molar-refractivity contribution in [1.82, 2.24) is 4.90 Å². The van der Waals surface area contributed by atoms with Crippen LogP contribution < -0.4 is 5.73 Å². The summed E-state index contributed by atoms with van der Waals surface area (Å²) in [6.07, 6.45) is 3.45. The third kappa shape index (κ3) is 5.19. The maximum absolute atomic E-state index is 10.7. The molecule has 14 heavy (non-hydrogen) atoms. The first-order valence-electron chi connectivity index (χ1n) is 5.11. The molecule has 1 unspecified atom stereocenters. The van der Waals surface area contributed by atoms with Crippen LogP contribution in [-0.4, -0.2) is 41.7 Å². The van der Waals surface area contributed by atoms with E-state index in [-0.39, 0.29) is 0 Å². The van der Waals surface area contributed by atoms with Gasteiger partial charge in [-0.1, -0.05) is 19.8 Å². The van der Waals surface area contributed by atoms with E-state index in [2.05, 4.69) is 6.92 Å². The lowest BCUT2D eigenvalue weighted by Crippen LogP contribution is -2.53. The molecule has 0 bridgehead atoms. The molecule has 0 saturated carbocycles. The number of aliphatic carboxylic acids is 1. The van der Waals surface area contributed by atoms with Crippen molar-refractivity contribution in [1.29, 1.82) is 0 Å². The van der Waals surface area contributed by atoms with Crippen LogP contribution in [0.15, 0.2) is 0 Å². The Morgan fingerprint density at radius 2 is 2.07 bits per heavy atom. The SMILES string of the molecule is CCCCCN(C)CC(C)(N)C(=O)O. The number of nitrogens with zero attached hydrogens (tertiary/aromatic N) is 1. The molecule has 0 aromatic carbocycles. The monoisotopic (exact) mass is 202 g/mol. The molecule has 1 atom stereocenters. The van der Waals surface area contributed by atoms with Crippen molar-refractivity contribution in [3.8, 4) is 0 Å².